The van der Waals surface area contributed by atoms with Gasteiger partial charge in [0.25, 0.3) is 0 Å². The maximum absolute atomic E-state index is 10.4. The molecule has 0 radical (unpaired) electrons. The lowest BCUT2D eigenvalue weighted by molar-refractivity contribution is -0.0511. The molecule has 0 amide bonds. The number of fused-ring (bicyclic) bond motifs is 1. The normalized spacial score (nSPS) is 23.3. The molecule has 0 spiro atoms. The second kappa shape index (κ2) is 8.51. The van der Waals surface area contributed by atoms with Gasteiger partial charge in [-0.2, -0.15) is 0 Å². The Morgan fingerprint density at radius 3 is 2.61 bits per heavy atom. The van der Waals surface area contributed by atoms with E-state index in [1.165, 1.54) is 31.4 Å². The predicted octanol–water partition coefficient (Wildman–Crippen LogP) is -0.227. The van der Waals surface area contributed by atoms with E-state index in [0.29, 0.717) is 28.3 Å². The third-order valence-corrected chi connectivity index (χ3v) is 5.18. The van der Waals surface area contributed by atoms with Crippen LogP contribution in [0, 0.1) is 0 Å². The molecule has 166 valence electrons. The number of aromatic nitrogens is 4. The monoisotopic (exact) mass is 433 g/mol. The summed E-state index contributed by atoms with van der Waals surface area (Å²) in [5.74, 6) is 1.15. The summed E-state index contributed by atoms with van der Waals surface area (Å²) < 4.78 is 17.4. The third kappa shape index (κ3) is 3.70. The van der Waals surface area contributed by atoms with E-state index in [2.05, 4.69) is 20.3 Å². The Hall–Kier alpha value is -3.19. The van der Waals surface area contributed by atoms with Crippen molar-refractivity contribution in [3.8, 4) is 17.2 Å². The summed E-state index contributed by atoms with van der Waals surface area (Å²) in [4.78, 5) is 12.7. The lowest BCUT2D eigenvalue weighted by Gasteiger charge is -2.16. The molecule has 3 heterocycles. The van der Waals surface area contributed by atoms with Crippen LogP contribution in [0.4, 0.5) is 5.82 Å². The van der Waals surface area contributed by atoms with E-state index in [9.17, 15) is 20.4 Å². The molecular weight excluding hydrogens is 410 g/mol. The van der Waals surface area contributed by atoms with Crippen molar-refractivity contribution in [1.82, 2.24) is 19.5 Å². The lowest BCUT2D eigenvalue weighted by Crippen LogP contribution is -2.33. The van der Waals surface area contributed by atoms with Crippen LogP contribution in [0.2, 0.25) is 0 Å². The van der Waals surface area contributed by atoms with Crippen LogP contribution < -0.4 is 14.8 Å². The van der Waals surface area contributed by atoms with E-state index in [4.69, 9.17) is 14.2 Å². The highest BCUT2D eigenvalue weighted by molar-refractivity contribution is 5.82. The minimum Gasteiger partial charge on any atom is -0.504 e. The molecule has 2 aromatic heterocycles. The summed E-state index contributed by atoms with van der Waals surface area (Å²) in [6, 6.07) is 3.24. The smallest absolute Gasteiger partial charge is 0.167 e. The molecule has 0 saturated carbocycles. The molecule has 3 aromatic rings. The number of phenols is 1. The first-order valence-corrected chi connectivity index (χ1v) is 9.46. The summed E-state index contributed by atoms with van der Waals surface area (Å²) in [6.45, 7) is -0.247. The standard InChI is InChI=1S/C19H23N5O7/c1-29-10-3-9(14(26)11(4-10)30-2)5-20-17-13-18(22-7-21-17)24(8-23-13)19-16(28)15(27)12(6-25)31-19/h3-4,7-8,12,15-16,19,25-28H,5-6H2,1-2H3,(H,20,21,22)/t12-,15-,16-,19-/m1/s1. The molecule has 0 unspecified atom stereocenters. The summed E-state index contributed by atoms with van der Waals surface area (Å²) in [5, 5.41) is 43.1. The van der Waals surface area contributed by atoms with Crippen LogP contribution >= 0.6 is 0 Å². The van der Waals surface area contributed by atoms with Gasteiger partial charge in [-0.1, -0.05) is 0 Å². The molecule has 31 heavy (non-hydrogen) atoms. The van der Waals surface area contributed by atoms with E-state index >= 15 is 0 Å². The van der Waals surface area contributed by atoms with Crippen LogP contribution in [0.15, 0.2) is 24.8 Å². The Bertz CT molecular complexity index is 1080. The van der Waals surface area contributed by atoms with Crippen molar-refractivity contribution in [2.24, 2.45) is 0 Å². The lowest BCUT2D eigenvalue weighted by atomic mass is 10.1. The number of phenolic OH excluding ortho intramolecular Hbond substituents is 1. The zero-order valence-corrected chi connectivity index (χ0v) is 16.8. The van der Waals surface area contributed by atoms with Gasteiger partial charge in [0.05, 0.1) is 27.2 Å². The number of nitrogens with zero attached hydrogens (tertiary/aromatic N) is 4. The number of methoxy groups -OCH3 is 2. The van der Waals surface area contributed by atoms with Gasteiger partial charge in [-0.05, 0) is 6.07 Å². The second-order valence-electron chi connectivity index (χ2n) is 6.97. The van der Waals surface area contributed by atoms with Gasteiger partial charge >= 0.3 is 0 Å². The highest BCUT2D eigenvalue weighted by Gasteiger charge is 2.44. The second-order valence-corrected chi connectivity index (χ2v) is 6.97. The molecule has 1 fully saturated rings. The molecule has 12 nitrogen and oxygen atoms in total. The van der Waals surface area contributed by atoms with Crippen LogP contribution in [-0.4, -0.2) is 79.1 Å². The molecule has 0 bridgehead atoms. The molecule has 1 aliphatic heterocycles. The number of hydrogen-bond donors (Lipinski definition) is 5. The van der Waals surface area contributed by atoms with Crippen LogP contribution in [0.25, 0.3) is 11.2 Å². The van der Waals surface area contributed by atoms with Crippen molar-refractivity contribution in [2.45, 2.75) is 31.1 Å². The molecule has 1 aromatic carbocycles. The van der Waals surface area contributed by atoms with Crippen LogP contribution in [0.5, 0.6) is 17.2 Å². The maximum Gasteiger partial charge on any atom is 0.167 e. The topological polar surface area (TPSA) is 164 Å². The molecule has 12 heteroatoms. The predicted molar refractivity (Wildman–Crippen MR) is 107 cm³/mol. The average Bonchev–Trinajstić information content (AvgIpc) is 3.34. The summed E-state index contributed by atoms with van der Waals surface area (Å²) in [7, 11) is 2.96. The zero-order chi connectivity index (χ0) is 22.1. The summed E-state index contributed by atoms with van der Waals surface area (Å²) in [6.07, 6.45) is -1.65. The van der Waals surface area contributed by atoms with Gasteiger partial charge in [0.15, 0.2) is 34.7 Å². The Kier molecular flexibility index (Phi) is 5.78. The minimum atomic E-state index is -1.26. The summed E-state index contributed by atoms with van der Waals surface area (Å²) >= 11 is 0. The van der Waals surface area contributed by atoms with Gasteiger partial charge < -0.3 is 40.0 Å². The van der Waals surface area contributed by atoms with Gasteiger partial charge in [0.2, 0.25) is 0 Å². The highest BCUT2D eigenvalue weighted by atomic mass is 16.6. The van der Waals surface area contributed by atoms with Gasteiger partial charge in [-0.3, -0.25) is 4.57 Å². The molecule has 1 saturated heterocycles. The first kappa shape index (κ1) is 21.1. The molecule has 0 aliphatic carbocycles. The Labute approximate surface area is 176 Å². The largest absolute Gasteiger partial charge is 0.504 e. The van der Waals surface area contributed by atoms with Crippen molar-refractivity contribution >= 4 is 17.0 Å². The molecule has 1 aliphatic rings. The van der Waals surface area contributed by atoms with E-state index < -0.39 is 31.1 Å². The van der Waals surface area contributed by atoms with E-state index in [-0.39, 0.29) is 18.0 Å². The van der Waals surface area contributed by atoms with Crippen LogP contribution in [0.3, 0.4) is 0 Å². The number of anilines is 1. The van der Waals surface area contributed by atoms with Gasteiger partial charge in [0, 0.05) is 18.2 Å². The Balaban J connectivity index is 1.61. The Morgan fingerprint density at radius 1 is 1.13 bits per heavy atom. The van der Waals surface area contributed by atoms with Crippen molar-refractivity contribution in [3.63, 3.8) is 0 Å². The van der Waals surface area contributed by atoms with Crippen LogP contribution in [-0.2, 0) is 11.3 Å². The first-order chi connectivity index (χ1) is 15.0. The van der Waals surface area contributed by atoms with E-state index in [0.717, 1.165) is 0 Å². The van der Waals surface area contributed by atoms with Crippen molar-refractivity contribution in [3.05, 3.63) is 30.4 Å². The van der Waals surface area contributed by atoms with Gasteiger partial charge in [0.1, 0.15) is 30.4 Å². The van der Waals surface area contributed by atoms with Gasteiger partial charge in [-0.15, -0.1) is 0 Å². The molecule has 4 rings (SSSR count). The fraction of sp³-hybridized carbons (Fsp3) is 0.421. The zero-order valence-electron chi connectivity index (χ0n) is 16.8. The number of imidazole rings is 1. The number of rotatable bonds is 7. The molecule has 5 N–H and O–H groups in total. The minimum absolute atomic E-state index is 0.0295. The number of aliphatic hydroxyl groups is 3. The third-order valence-electron chi connectivity index (χ3n) is 5.18. The van der Waals surface area contributed by atoms with Gasteiger partial charge in [-0.25, -0.2) is 15.0 Å². The van der Waals surface area contributed by atoms with Crippen LogP contribution in [0.1, 0.15) is 11.8 Å². The summed E-state index contributed by atoms with van der Waals surface area (Å²) in [5.41, 5.74) is 1.28. The number of benzene rings is 1. The van der Waals surface area contributed by atoms with Crippen molar-refractivity contribution in [2.75, 3.05) is 26.1 Å². The quantitative estimate of drug-likeness (QED) is 0.334. The SMILES string of the molecule is COc1cc(CNc2ncnc3c2ncn3[C@@H]2O[C@H](CO)[C@@H](O)[C@H]2O)c(O)c(OC)c1. The number of nitrogens with one attached hydrogen (secondary N) is 1. The fourth-order valence-electron chi connectivity index (χ4n) is 3.50. The first-order valence-electron chi connectivity index (χ1n) is 9.46. The fourth-order valence-corrected chi connectivity index (χ4v) is 3.50. The average molecular weight is 433 g/mol. The van der Waals surface area contributed by atoms with E-state index in [1.54, 1.807) is 12.1 Å². The van der Waals surface area contributed by atoms with Crippen molar-refractivity contribution in [1.29, 1.82) is 0 Å². The maximum atomic E-state index is 10.4. The number of aromatic hydroxyl groups is 1. The van der Waals surface area contributed by atoms with Crippen molar-refractivity contribution < 1.29 is 34.6 Å². The molecular formula is C19H23N5O7. The highest BCUT2D eigenvalue weighted by Crippen LogP contribution is 2.35. The van der Waals surface area contributed by atoms with E-state index in [1.807, 2.05) is 0 Å². The number of ether oxygens (including phenoxy) is 3. The molecule has 4 atom stereocenters. The Morgan fingerprint density at radius 2 is 1.94 bits per heavy atom. The number of aliphatic hydroxyl groups excluding tert-OH is 3. The number of hydrogen-bond acceptors (Lipinski definition) is 11.